The average Bonchev–Trinajstić information content (AvgIpc) is 3.17. The maximum Gasteiger partial charge on any atom is 0.340 e. The molecule has 1 saturated carbocycles. The predicted molar refractivity (Wildman–Crippen MR) is 88.0 cm³/mol. The van der Waals surface area contributed by atoms with Crippen LogP contribution in [0.3, 0.4) is 0 Å². The van der Waals surface area contributed by atoms with E-state index in [1.54, 1.807) is 0 Å². The molecule has 0 radical (unpaired) electrons. The van der Waals surface area contributed by atoms with Gasteiger partial charge in [0.15, 0.2) is 12.2 Å². The van der Waals surface area contributed by atoms with E-state index in [0.29, 0.717) is 23.9 Å². The maximum atomic E-state index is 12.7. The van der Waals surface area contributed by atoms with Gasteiger partial charge < -0.3 is 9.73 Å². The third-order valence-corrected chi connectivity index (χ3v) is 4.20. The van der Waals surface area contributed by atoms with Crippen molar-refractivity contribution in [1.29, 1.82) is 0 Å². The number of oxazole rings is 1. The van der Waals surface area contributed by atoms with E-state index in [9.17, 15) is 9.59 Å². The van der Waals surface area contributed by atoms with Gasteiger partial charge in [0.05, 0.1) is 11.7 Å². The number of aromatic nitrogens is 4. The molecule has 1 aliphatic rings. The monoisotopic (exact) mass is 339 g/mol. The smallest absolute Gasteiger partial charge is 0.340 e. The van der Waals surface area contributed by atoms with Gasteiger partial charge in [-0.3, -0.25) is 9.78 Å². The van der Waals surface area contributed by atoms with Crippen LogP contribution in [0.25, 0.3) is 0 Å². The molecule has 0 aliphatic heterocycles. The Bertz CT molecular complexity index is 923. The number of aromatic amines is 2. The summed E-state index contributed by atoms with van der Waals surface area (Å²) < 4.78 is 5.30. The van der Waals surface area contributed by atoms with Crippen molar-refractivity contribution in [3.8, 4) is 0 Å². The molecule has 2 aromatic heterocycles. The molecule has 1 fully saturated rings. The minimum absolute atomic E-state index is 0.235. The minimum atomic E-state index is -0.494. The molecule has 0 bridgehead atoms. The van der Waals surface area contributed by atoms with Crippen LogP contribution in [0.5, 0.6) is 0 Å². The molecule has 8 heteroatoms. The van der Waals surface area contributed by atoms with E-state index in [0.717, 1.165) is 18.4 Å². The lowest BCUT2D eigenvalue weighted by atomic mass is 10.1. The lowest BCUT2D eigenvalue weighted by Crippen LogP contribution is -2.31. The van der Waals surface area contributed by atoms with Crippen LogP contribution in [0.4, 0.5) is 0 Å². The molecule has 1 aliphatic carbocycles. The number of rotatable bonds is 6. The molecular weight excluding hydrogens is 322 g/mol. The van der Waals surface area contributed by atoms with Gasteiger partial charge in [-0.2, -0.15) is 5.10 Å². The third-order valence-electron chi connectivity index (χ3n) is 4.20. The van der Waals surface area contributed by atoms with Crippen molar-refractivity contribution in [3.05, 3.63) is 70.1 Å². The number of nitrogens with one attached hydrogen (secondary N) is 3. The van der Waals surface area contributed by atoms with Gasteiger partial charge in [0.2, 0.25) is 5.76 Å². The van der Waals surface area contributed by atoms with Crippen molar-refractivity contribution in [2.75, 3.05) is 0 Å². The quantitative estimate of drug-likeness (QED) is 0.632. The van der Waals surface area contributed by atoms with E-state index in [2.05, 4.69) is 25.5 Å². The van der Waals surface area contributed by atoms with E-state index < -0.39 is 11.7 Å². The van der Waals surface area contributed by atoms with Crippen molar-refractivity contribution in [2.45, 2.75) is 31.2 Å². The van der Waals surface area contributed by atoms with Crippen LogP contribution in [-0.2, 0) is 6.42 Å². The van der Waals surface area contributed by atoms with Crippen LogP contribution in [0.15, 0.2) is 45.9 Å². The molecular formula is C17H17N5O3. The van der Waals surface area contributed by atoms with Gasteiger partial charge in [-0.1, -0.05) is 30.3 Å². The topological polar surface area (TPSA) is 117 Å². The second-order valence-electron chi connectivity index (χ2n) is 6.12. The molecule has 25 heavy (non-hydrogen) atoms. The molecule has 0 saturated heterocycles. The van der Waals surface area contributed by atoms with Gasteiger partial charge >= 0.3 is 5.69 Å². The van der Waals surface area contributed by atoms with Crippen molar-refractivity contribution in [2.24, 2.45) is 0 Å². The fraction of sp³-hybridized carbons (Fsp3) is 0.294. The molecule has 8 nitrogen and oxygen atoms in total. The fourth-order valence-corrected chi connectivity index (χ4v) is 2.81. The van der Waals surface area contributed by atoms with E-state index in [1.807, 2.05) is 30.3 Å². The normalized spacial score (nSPS) is 15.0. The molecule has 1 aromatic carbocycles. The molecule has 128 valence electrons. The van der Waals surface area contributed by atoms with Gasteiger partial charge in [0.1, 0.15) is 0 Å². The second-order valence-corrected chi connectivity index (χ2v) is 6.12. The maximum absolute atomic E-state index is 12.7. The zero-order chi connectivity index (χ0) is 17.2. The van der Waals surface area contributed by atoms with Crippen molar-refractivity contribution in [3.63, 3.8) is 0 Å². The summed E-state index contributed by atoms with van der Waals surface area (Å²) in [4.78, 5) is 30.8. The van der Waals surface area contributed by atoms with Crippen LogP contribution in [0.1, 0.15) is 52.4 Å². The molecule has 0 unspecified atom stereocenters. The fourth-order valence-electron chi connectivity index (χ4n) is 2.81. The van der Waals surface area contributed by atoms with Crippen molar-refractivity contribution < 1.29 is 9.21 Å². The largest absolute Gasteiger partial charge is 0.438 e. The Kier molecular flexibility index (Phi) is 3.93. The summed E-state index contributed by atoms with van der Waals surface area (Å²) in [6.07, 6.45) is 3.82. The second kappa shape index (κ2) is 6.39. The highest BCUT2D eigenvalue weighted by Crippen LogP contribution is 2.40. The van der Waals surface area contributed by atoms with Gasteiger partial charge in [0.25, 0.3) is 5.91 Å². The van der Waals surface area contributed by atoms with E-state index in [4.69, 9.17) is 4.42 Å². The van der Waals surface area contributed by atoms with Crippen molar-refractivity contribution in [1.82, 2.24) is 25.5 Å². The number of H-pyrrole nitrogens is 2. The van der Waals surface area contributed by atoms with Crippen LogP contribution in [0.2, 0.25) is 0 Å². The first kappa shape index (κ1) is 15.4. The van der Waals surface area contributed by atoms with Crippen LogP contribution in [-0.4, -0.2) is 26.1 Å². The number of amides is 1. The summed E-state index contributed by atoms with van der Waals surface area (Å²) in [6.45, 7) is 0. The van der Waals surface area contributed by atoms with Crippen molar-refractivity contribution >= 4 is 5.91 Å². The Labute approximate surface area is 142 Å². The summed E-state index contributed by atoms with van der Waals surface area (Å²) in [7, 11) is 0. The van der Waals surface area contributed by atoms with Gasteiger partial charge in [-0.05, 0) is 24.8 Å². The SMILES string of the molecule is O=C(N[C@@H](Cc1ccccc1)c1n[nH]c(=O)[nH]1)c1ocnc1C1CC1. The van der Waals surface area contributed by atoms with Crippen LogP contribution in [0, 0.1) is 0 Å². The highest BCUT2D eigenvalue weighted by Gasteiger charge is 2.33. The number of nitrogens with zero attached hydrogens (tertiary/aromatic N) is 2. The molecule has 3 aromatic rings. The lowest BCUT2D eigenvalue weighted by molar-refractivity contribution is 0.0905. The van der Waals surface area contributed by atoms with Crippen LogP contribution >= 0.6 is 0 Å². The molecule has 2 heterocycles. The molecule has 1 atom stereocenters. The minimum Gasteiger partial charge on any atom is -0.438 e. The van der Waals surface area contributed by atoms with E-state index in [1.165, 1.54) is 6.39 Å². The number of hydrogen-bond donors (Lipinski definition) is 3. The number of benzene rings is 1. The Hall–Kier alpha value is -3.16. The third kappa shape index (κ3) is 3.37. The summed E-state index contributed by atoms with van der Waals surface area (Å²) >= 11 is 0. The van der Waals surface area contributed by atoms with E-state index in [-0.39, 0.29) is 11.7 Å². The molecule has 4 rings (SSSR count). The lowest BCUT2D eigenvalue weighted by Gasteiger charge is -2.16. The highest BCUT2D eigenvalue weighted by atomic mass is 16.3. The number of carbonyl (C=O) groups excluding carboxylic acids is 1. The molecule has 1 amide bonds. The zero-order valence-electron chi connectivity index (χ0n) is 13.4. The average molecular weight is 339 g/mol. The summed E-state index contributed by atoms with van der Waals surface area (Å²) in [5.41, 5.74) is 1.30. The van der Waals surface area contributed by atoms with E-state index >= 15 is 0 Å². The predicted octanol–water partition coefficient (Wildman–Crippen LogP) is 1.68. The van der Waals surface area contributed by atoms with Gasteiger partial charge in [0, 0.05) is 5.92 Å². The Balaban J connectivity index is 1.58. The van der Waals surface area contributed by atoms with Gasteiger partial charge in [-0.25, -0.2) is 14.9 Å². The zero-order valence-corrected chi connectivity index (χ0v) is 13.4. The highest BCUT2D eigenvalue weighted by molar-refractivity contribution is 5.93. The number of carbonyl (C=O) groups is 1. The first-order chi connectivity index (χ1) is 12.2. The summed E-state index contributed by atoms with van der Waals surface area (Å²) in [5, 5.41) is 9.19. The molecule has 3 N–H and O–H groups in total. The van der Waals surface area contributed by atoms with Crippen LogP contribution < -0.4 is 11.0 Å². The Morgan fingerprint density at radius 3 is 2.80 bits per heavy atom. The standard InChI is InChI=1S/C17H17N5O3/c23-16(14-13(11-6-7-11)18-9-25-14)19-12(15-20-17(24)22-21-15)8-10-4-2-1-3-5-10/h1-5,9,11-12H,6-8H2,(H,19,23)(H2,20,21,22,24)/t12-/m0/s1. The first-order valence-corrected chi connectivity index (χ1v) is 8.13. The summed E-state index contributed by atoms with van der Waals surface area (Å²) in [6, 6.07) is 9.17. The van der Waals surface area contributed by atoms with Gasteiger partial charge in [-0.15, -0.1) is 0 Å². The Morgan fingerprint density at radius 1 is 1.32 bits per heavy atom. The molecule has 0 spiro atoms. The Morgan fingerprint density at radius 2 is 2.12 bits per heavy atom. The summed E-state index contributed by atoms with van der Waals surface area (Å²) in [5.74, 6) is 0.551. The first-order valence-electron chi connectivity index (χ1n) is 8.13. The number of hydrogen-bond acceptors (Lipinski definition) is 5.